The van der Waals surface area contributed by atoms with Gasteiger partial charge in [-0.1, -0.05) is 234 Å². The van der Waals surface area contributed by atoms with Crippen molar-refractivity contribution in [1.29, 1.82) is 0 Å². The molecular weight excluding hydrogens is 697 g/mol. The first-order chi connectivity index (χ1) is 27.3. The number of carbonyl (C=O) groups is 3. The summed E-state index contributed by atoms with van der Waals surface area (Å²) in [6.07, 6.45) is 42.2. The SMILES string of the molecule is CCCCCCCCCCCCCC(=O)OC[C@@H](COC(=O)CCCCCCCCCCCCC(C)C)OC(=O)CCCCCCCCCCCCC(C)CC. The number of unbranched alkanes of at least 4 members (excludes halogenated alkanes) is 28. The number of ether oxygens (including phenoxy) is 3. The van der Waals surface area contributed by atoms with Gasteiger partial charge in [0, 0.05) is 19.3 Å². The van der Waals surface area contributed by atoms with E-state index in [0.29, 0.717) is 19.3 Å². The lowest BCUT2D eigenvalue weighted by Crippen LogP contribution is -2.30. The molecule has 0 fully saturated rings. The Kier molecular flexibility index (Phi) is 41.8. The molecule has 0 saturated carbocycles. The van der Waals surface area contributed by atoms with Gasteiger partial charge >= 0.3 is 17.9 Å². The van der Waals surface area contributed by atoms with Gasteiger partial charge in [0.1, 0.15) is 13.2 Å². The molecule has 0 rings (SSSR count). The van der Waals surface area contributed by atoms with E-state index < -0.39 is 6.10 Å². The van der Waals surface area contributed by atoms with Gasteiger partial charge in [-0.25, -0.2) is 0 Å². The van der Waals surface area contributed by atoms with Crippen LogP contribution in [-0.2, 0) is 28.6 Å². The highest BCUT2D eigenvalue weighted by atomic mass is 16.6. The monoisotopic (exact) mass is 793 g/mol. The van der Waals surface area contributed by atoms with Crippen molar-refractivity contribution < 1.29 is 28.6 Å². The lowest BCUT2D eigenvalue weighted by atomic mass is 9.99. The third-order valence-corrected chi connectivity index (χ3v) is 11.6. The Morgan fingerprint density at radius 3 is 1.02 bits per heavy atom. The van der Waals surface area contributed by atoms with Crippen LogP contribution in [0.15, 0.2) is 0 Å². The maximum absolute atomic E-state index is 12.8. The normalized spacial score (nSPS) is 12.5. The Balaban J connectivity index is 4.33. The average Bonchev–Trinajstić information content (AvgIpc) is 3.18. The van der Waals surface area contributed by atoms with E-state index in [1.807, 2.05) is 0 Å². The topological polar surface area (TPSA) is 78.9 Å². The van der Waals surface area contributed by atoms with Crippen molar-refractivity contribution in [3.8, 4) is 0 Å². The zero-order valence-corrected chi connectivity index (χ0v) is 38.3. The second-order valence-electron chi connectivity index (χ2n) is 17.8. The van der Waals surface area contributed by atoms with Crippen LogP contribution in [0, 0.1) is 11.8 Å². The molecule has 0 radical (unpaired) electrons. The Labute approximate surface area is 348 Å². The lowest BCUT2D eigenvalue weighted by molar-refractivity contribution is -0.167. The van der Waals surface area contributed by atoms with Crippen LogP contribution in [-0.4, -0.2) is 37.2 Å². The number of esters is 3. The minimum Gasteiger partial charge on any atom is -0.462 e. The van der Waals surface area contributed by atoms with E-state index in [0.717, 1.165) is 69.6 Å². The number of carbonyl (C=O) groups excluding carboxylic acids is 3. The minimum absolute atomic E-state index is 0.0642. The lowest BCUT2D eigenvalue weighted by Gasteiger charge is -2.18. The Morgan fingerprint density at radius 1 is 0.375 bits per heavy atom. The molecule has 332 valence electrons. The van der Waals surface area contributed by atoms with Crippen molar-refractivity contribution in [2.75, 3.05) is 13.2 Å². The number of rotatable bonds is 44. The summed E-state index contributed by atoms with van der Waals surface area (Å²) in [5, 5.41) is 0. The average molecular weight is 793 g/mol. The second-order valence-corrected chi connectivity index (χ2v) is 17.8. The highest BCUT2D eigenvalue weighted by Crippen LogP contribution is 2.17. The van der Waals surface area contributed by atoms with Crippen LogP contribution in [0.3, 0.4) is 0 Å². The molecule has 0 aromatic carbocycles. The van der Waals surface area contributed by atoms with Crippen LogP contribution in [0.5, 0.6) is 0 Å². The fraction of sp³-hybridized carbons (Fsp3) is 0.940. The zero-order valence-electron chi connectivity index (χ0n) is 38.3. The van der Waals surface area contributed by atoms with Gasteiger partial charge in [0.25, 0.3) is 0 Å². The summed E-state index contributed by atoms with van der Waals surface area (Å²) in [4.78, 5) is 37.8. The van der Waals surface area contributed by atoms with Gasteiger partial charge in [0.15, 0.2) is 6.10 Å². The highest BCUT2D eigenvalue weighted by molar-refractivity contribution is 5.71. The maximum atomic E-state index is 12.8. The first-order valence-electron chi connectivity index (χ1n) is 24.8. The van der Waals surface area contributed by atoms with Crippen molar-refractivity contribution >= 4 is 17.9 Å². The van der Waals surface area contributed by atoms with Crippen LogP contribution in [0.4, 0.5) is 0 Å². The van der Waals surface area contributed by atoms with Crippen molar-refractivity contribution in [1.82, 2.24) is 0 Å². The van der Waals surface area contributed by atoms with Gasteiger partial charge in [-0.3, -0.25) is 14.4 Å². The zero-order chi connectivity index (χ0) is 41.2. The minimum atomic E-state index is -0.761. The molecule has 0 saturated heterocycles. The summed E-state index contributed by atoms with van der Waals surface area (Å²) in [6.45, 7) is 11.4. The summed E-state index contributed by atoms with van der Waals surface area (Å²) in [5.41, 5.74) is 0. The summed E-state index contributed by atoms with van der Waals surface area (Å²) < 4.78 is 16.8. The molecule has 0 aromatic rings. The summed E-state index contributed by atoms with van der Waals surface area (Å²) >= 11 is 0. The molecule has 0 spiro atoms. The first kappa shape index (κ1) is 54.4. The fourth-order valence-electron chi connectivity index (χ4n) is 7.43. The Hall–Kier alpha value is -1.59. The van der Waals surface area contributed by atoms with Crippen LogP contribution in [0.2, 0.25) is 0 Å². The molecule has 56 heavy (non-hydrogen) atoms. The van der Waals surface area contributed by atoms with Crippen molar-refractivity contribution in [3.05, 3.63) is 0 Å². The third kappa shape index (κ3) is 42.0. The standard InChI is InChI=1S/C50H96O6/c1-6-8-9-10-11-12-13-20-25-30-35-40-48(51)54-43-47(44-55-49(52)41-36-31-26-21-16-14-18-23-28-33-38-45(3)4)56-50(53)42-37-32-27-22-17-15-19-24-29-34-39-46(5)7-2/h45-47H,6-44H2,1-5H3/t46?,47-/m0/s1. The number of hydrogen-bond donors (Lipinski definition) is 0. The van der Waals surface area contributed by atoms with Gasteiger partial charge < -0.3 is 14.2 Å². The van der Waals surface area contributed by atoms with E-state index in [1.54, 1.807) is 0 Å². The quantitative estimate of drug-likeness (QED) is 0.0347. The smallest absolute Gasteiger partial charge is 0.306 e. The van der Waals surface area contributed by atoms with Gasteiger partial charge in [-0.2, -0.15) is 0 Å². The van der Waals surface area contributed by atoms with Crippen molar-refractivity contribution in [3.63, 3.8) is 0 Å². The first-order valence-corrected chi connectivity index (χ1v) is 24.8. The predicted molar refractivity (Wildman–Crippen MR) is 238 cm³/mol. The molecule has 0 heterocycles. The largest absolute Gasteiger partial charge is 0.462 e. The molecule has 0 aliphatic rings. The molecule has 0 aromatic heterocycles. The van der Waals surface area contributed by atoms with E-state index in [1.165, 1.54) is 161 Å². The van der Waals surface area contributed by atoms with Crippen LogP contribution >= 0.6 is 0 Å². The van der Waals surface area contributed by atoms with E-state index >= 15 is 0 Å². The molecule has 0 amide bonds. The molecule has 2 atom stereocenters. The van der Waals surface area contributed by atoms with Gasteiger partial charge in [0.2, 0.25) is 0 Å². The molecule has 0 aliphatic carbocycles. The van der Waals surface area contributed by atoms with E-state index in [9.17, 15) is 14.4 Å². The summed E-state index contributed by atoms with van der Waals surface area (Å²) in [5.74, 6) is 0.833. The van der Waals surface area contributed by atoms with Gasteiger partial charge in [-0.05, 0) is 31.1 Å². The highest BCUT2D eigenvalue weighted by Gasteiger charge is 2.19. The predicted octanol–water partition coefficient (Wildman–Crippen LogP) is 15.8. The third-order valence-electron chi connectivity index (χ3n) is 11.6. The Morgan fingerprint density at radius 2 is 0.679 bits per heavy atom. The fourth-order valence-corrected chi connectivity index (χ4v) is 7.43. The van der Waals surface area contributed by atoms with Crippen molar-refractivity contribution in [2.45, 2.75) is 278 Å². The van der Waals surface area contributed by atoms with Crippen LogP contribution < -0.4 is 0 Å². The van der Waals surface area contributed by atoms with Gasteiger partial charge in [-0.15, -0.1) is 0 Å². The van der Waals surface area contributed by atoms with Crippen LogP contribution in [0.25, 0.3) is 0 Å². The molecule has 6 nitrogen and oxygen atoms in total. The number of hydrogen-bond acceptors (Lipinski definition) is 6. The van der Waals surface area contributed by atoms with Crippen LogP contribution in [0.1, 0.15) is 272 Å². The molecule has 1 unspecified atom stereocenters. The molecule has 0 aliphatic heterocycles. The van der Waals surface area contributed by atoms with Crippen molar-refractivity contribution in [2.24, 2.45) is 11.8 Å². The summed E-state index contributed by atoms with van der Waals surface area (Å²) in [6, 6.07) is 0. The van der Waals surface area contributed by atoms with E-state index in [4.69, 9.17) is 14.2 Å². The van der Waals surface area contributed by atoms with Gasteiger partial charge in [0.05, 0.1) is 0 Å². The maximum Gasteiger partial charge on any atom is 0.306 e. The molecule has 0 bridgehead atoms. The summed E-state index contributed by atoms with van der Waals surface area (Å²) in [7, 11) is 0. The Bertz CT molecular complexity index is 856. The van der Waals surface area contributed by atoms with E-state index in [-0.39, 0.29) is 31.1 Å². The van der Waals surface area contributed by atoms with E-state index in [2.05, 4.69) is 34.6 Å². The molecule has 6 heteroatoms. The second kappa shape index (κ2) is 43.0. The molecule has 0 N–H and O–H groups in total. The molecular formula is C50H96O6.